The highest BCUT2D eigenvalue weighted by atomic mass is 19.1. The molecule has 2 aromatic carbocycles. The van der Waals surface area contributed by atoms with Crippen molar-refractivity contribution in [1.29, 1.82) is 0 Å². The predicted octanol–water partition coefficient (Wildman–Crippen LogP) is 4.34. The molecule has 1 aliphatic heterocycles. The summed E-state index contributed by atoms with van der Waals surface area (Å²) in [6.07, 6.45) is 0.745. The minimum absolute atomic E-state index is 0.135. The monoisotopic (exact) mass is 423 g/mol. The fourth-order valence-electron chi connectivity index (χ4n) is 4.14. The van der Waals surface area contributed by atoms with E-state index in [0.29, 0.717) is 23.9 Å². The molecule has 0 bridgehead atoms. The standard InChI is InChI=1S/C24H26FN3O3/c1-4-31-23(30)20-21(16-9-5-6-10-17(16)25)28-19-12-8-7-11-18(19)26-24(28)27(22(20)29)14-13-15(2)3/h5-12,15,20-21H,4,13-14H2,1-3H3/t20-,21+/m0/s1. The highest BCUT2D eigenvalue weighted by Gasteiger charge is 2.48. The van der Waals surface area contributed by atoms with E-state index in [1.54, 1.807) is 30.0 Å². The molecule has 3 aromatic rings. The fourth-order valence-corrected chi connectivity index (χ4v) is 4.14. The molecule has 4 rings (SSSR count). The van der Waals surface area contributed by atoms with Gasteiger partial charge in [-0.25, -0.2) is 9.37 Å². The van der Waals surface area contributed by atoms with Crippen LogP contribution in [0.2, 0.25) is 0 Å². The molecule has 0 unspecified atom stereocenters. The van der Waals surface area contributed by atoms with Gasteiger partial charge in [0.2, 0.25) is 11.9 Å². The minimum atomic E-state index is -1.20. The SMILES string of the molecule is CCOC(=O)[C@@H]1C(=O)N(CCC(C)C)c2nc3ccccc3n2[C@@H]1c1ccccc1F. The van der Waals surface area contributed by atoms with E-state index in [4.69, 9.17) is 9.72 Å². The zero-order valence-electron chi connectivity index (χ0n) is 17.9. The summed E-state index contributed by atoms with van der Waals surface area (Å²) in [6.45, 7) is 6.39. The van der Waals surface area contributed by atoms with E-state index in [1.807, 2.05) is 28.8 Å². The molecule has 162 valence electrons. The van der Waals surface area contributed by atoms with E-state index in [9.17, 15) is 14.0 Å². The van der Waals surface area contributed by atoms with Gasteiger partial charge in [-0.3, -0.25) is 14.5 Å². The van der Waals surface area contributed by atoms with Gasteiger partial charge in [0.05, 0.1) is 23.7 Å². The second-order valence-electron chi connectivity index (χ2n) is 8.14. The highest BCUT2D eigenvalue weighted by molar-refractivity contribution is 6.08. The van der Waals surface area contributed by atoms with Crippen LogP contribution in [-0.2, 0) is 14.3 Å². The maximum atomic E-state index is 15.0. The van der Waals surface area contributed by atoms with Crippen LogP contribution in [0, 0.1) is 17.7 Å². The Bertz CT molecular complexity index is 1120. The molecule has 0 aliphatic carbocycles. The lowest BCUT2D eigenvalue weighted by Gasteiger charge is -2.38. The number of fused-ring (bicyclic) bond motifs is 3. The van der Waals surface area contributed by atoms with Gasteiger partial charge in [-0.1, -0.05) is 44.2 Å². The van der Waals surface area contributed by atoms with Crippen LogP contribution in [0.5, 0.6) is 0 Å². The van der Waals surface area contributed by atoms with E-state index in [-0.39, 0.29) is 12.2 Å². The maximum absolute atomic E-state index is 15.0. The molecule has 0 saturated carbocycles. The van der Waals surface area contributed by atoms with Crippen LogP contribution in [0.3, 0.4) is 0 Å². The molecule has 0 spiro atoms. The smallest absolute Gasteiger partial charge is 0.321 e. The van der Waals surface area contributed by atoms with Gasteiger partial charge in [0.15, 0.2) is 5.92 Å². The van der Waals surface area contributed by atoms with Crippen LogP contribution >= 0.6 is 0 Å². The predicted molar refractivity (Wildman–Crippen MR) is 116 cm³/mol. The van der Waals surface area contributed by atoms with E-state index < -0.39 is 29.7 Å². The normalized spacial score (nSPS) is 18.5. The number of anilines is 1. The number of carbonyl (C=O) groups is 2. The molecule has 0 N–H and O–H groups in total. The summed E-state index contributed by atoms with van der Waals surface area (Å²) >= 11 is 0. The molecular formula is C24H26FN3O3. The Kier molecular flexibility index (Phi) is 5.76. The van der Waals surface area contributed by atoms with E-state index >= 15 is 0 Å². The van der Waals surface area contributed by atoms with Crippen LogP contribution < -0.4 is 4.90 Å². The van der Waals surface area contributed by atoms with Crippen LogP contribution in [-0.4, -0.2) is 34.6 Å². The number of amides is 1. The second kappa shape index (κ2) is 8.49. The Balaban J connectivity index is 1.98. The van der Waals surface area contributed by atoms with Gasteiger partial charge in [0, 0.05) is 12.1 Å². The number of para-hydroxylation sites is 2. The summed E-state index contributed by atoms with van der Waals surface area (Å²) in [5.41, 5.74) is 1.69. The molecule has 6 nitrogen and oxygen atoms in total. The van der Waals surface area contributed by atoms with Gasteiger partial charge in [0.25, 0.3) is 0 Å². The van der Waals surface area contributed by atoms with Crippen molar-refractivity contribution in [2.24, 2.45) is 11.8 Å². The number of halogens is 1. The Morgan fingerprint density at radius 2 is 1.87 bits per heavy atom. The molecule has 31 heavy (non-hydrogen) atoms. The summed E-state index contributed by atoms with van der Waals surface area (Å²) in [5.74, 6) is -1.95. The van der Waals surface area contributed by atoms with Crippen molar-refractivity contribution in [2.75, 3.05) is 18.1 Å². The number of carbonyl (C=O) groups excluding carboxylic acids is 2. The van der Waals surface area contributed by atoms with Crippen molar-refractivity contribution in [1.82, 2.24) is 9.55 Å². The largest absolute Gasteiger partial charge is 0.465 e. The maximum Gasteiger partial charge on any atom is 0.321 e. The molecule has 1 aromatic heterocycles. The third-order valence-corrected chi connectivity index (χ3v) is 5.64. The lowest BCUT2D eigenvalue weighted by Crippen LogP contribution is -2.50. The van der Waals surface area contributed by atoms with E-state index in [2.05, 4.69) is 13.8 Å². The molecule has 2 atom stereocenters. The van der Waals surface area contributed by atoms with Gasteiger partial charge >= 0.3 is 5.97 Å². The summed E-state index contributed by atoms with van der Waals surface area (Å²) in [4.78, 5) is 32.9. The Labute approximate surface area is 180 Å². The number of ether oxygens (including phenoxy) is 1. The summed E-state index contributed by atoms with van der Waals surface area (Å²) in [5, 5.41) is 0. The average molecular weight is 423 g/mol. The van der Waals surface area contributed by atoms with Crippen LogP contribution in [0.4, 0.5) is 10.3 Å². The van der Waals surface area contributed by atoms with Crippen molar-refractivity contribution >= 4 is 28.9 Å². The number of hydrogen-bond acceptors (Lipinski definition) is 4. The van der Waals surface area contributed by atoms with Crippen molar-refractivity contribution in [3.63, 3.8) is 0 Å². The molecule has 0 saturated heterocycles. The Morgan fingerprint density at radius 1 is 1.16 bits per heavy atom. The zero-order chi connectivity index (χ0) is 22.1. The first kappa shape index (κ1) is 21.0. The number of benzene rings is 2. The quantitative estimate of drug-likeness (QED) is 0.437. The molecule has 7 heteroatoms. The third kappa shape index (κ3) is 3.69. The molecule has 1 aliphatic rings. The molecule has 2 heterocycles. The summed E-state index contributed by atoms with van der Waals surface area (Å²) in [7, 11) is 0. The van der Waals surface area contributed by atoms with Crippen LogP contribution in [0.1, 0.15) is 38.8 Å². The number of esters is 1. The van der Waals surface area contributed by atoms with E-state index in [1.165, 1.54) is 6.07 Å². The van der Waals surface area contributed by atoms with Gasteiger partial charge < -0.3 is 9.30 Å². The number of rotatable bonds is 6. The lowest BCUT2D eigenvalue weighted by molar-refractivity contribution is -0.153. The van der Waals surface area contributed by atoms with Crippen molar-refractivity contribution in [2.45, 2.75) is 33.2 Å². The van der Waals surface area contributed by atoms with Crippen LogP contribution in [0.15, 0.2) is 48.5 Å². The summed E-state index contributed by atoms with van der Waals surface area (Å²) < 4.78 is 22.1. The number of imidazole rings is 1. The molecule has 0 fully saturated rings. The fraction of sp³-hybridized carbons (Fsp3) is 0.375. The van der Waals surface area contributed by atoms with Gasteiger partial charge in [-0.2, -0.15) is 0 Å². The molecule has 1 amide bonds. The highest BCUT2D eigenvalue weighted by Crippen LogP contribution is 2.42. The molecule has 0 radical (unpaired) electrons. The first-order valence-electron chi connectivity index (χ1n) is 10.6. The third-order valence-electron chi connectivity index (χ3n) is 5.64. The Morgan fingerprint density at radius 3 is 2.58 bits per heavy atom. The van der Waals surface area contributed by atoms with Crippen molar-refractivity contribution < 1.29 is 18.7 Å². The van der Waals surface area contributed by atoms with Crippen molar-refractivity contribution in [3.05, 3.63) is 59.9 Å². The first-order chi connectivity index (χ1) is 14.9. The zero-order valence-corrected chi connectivity index (χ0v) is 17.9. The topological polar surface area (TPSA) is 64.4 Å². The number of hydrogen-bond donors (Lipinski definition) is 0. The average Bonchev–Trinajstić information content (AvgIpc) is 3.12. The minimum Gasteiger partial charge on any atom is -0.465 e. The first-order valence-corrected chi connectivity index (χ1v) is 10.6. The molecular weight excluding hydrogens is 397 g/mol. The number of nitrogens with zero attached hydrogens (tertiary/aromatic N) is 3. The summed E-state index contributed by atoms with van der Waals surface area (Å²) in [6, 6.07) is 12.8. The van der Waals surface area contributed by atoms with Crippen molar-refractivity contribution in [3.8, 4) is 0 Å². The van der Waals surface area contributed by atoms with Gasteiger partial charge in [-0.15, -0.1) is 0 Å². The second-order valence-corrected chi connectivity index (χ2v) is 8.14. The van der Waals surface area contributed by atoms with Crippen LogP contribution in [0.25, 0.3) is 11.0 Å². The lowest BCUT2D eigenvalue weighted by atomic mass is 9.89. The van der Waals surface area contributed by atoms with Gasteiger partial charge in [0.1, 0.15) is 5.82 Å². The Hall–Kier alpha value is -3.22. The van der Waals surface area contributed by atoms with E-state index in [0.717, 1.165) is 11.9 Å². The number of aromatic nitrogens is 2. The van der Waals surface area contributed by atoms with Gasteiger partial charge in [-0.05, 0) is 37.5 Å².